The molecule has 0 spiro atoms. The number of ether oxygens (including phenoxy) is 1. The van der Waals surface area contributed by atoms with Gasteiger partial charge in [0, 0.05) is 0 Å². The minimum absolute atomic E-state index is 0.0571. The monoisotopic (exact) mass is 274 g/mol. The van der Waals surface area contributed by atoms with Crippen LogP contribution >= 0.6 is 0 Å². The molecular weight excluding hydrogens is 248 g/mol. The van der Waals surface area contributed by atoms with Crippen molar-refractivity contribution in [2.24, 2.45) is 5.41 Å². The van der Waals surface area contributed by atoms with Gasteiger partial charge in [-0.15, -0.1) is 0 Å². The first kappa shape index (κ1) is 15.1. The van der Waals surface area contributed by atoms with Crippen LogP contribution in [0.2, 0.25) is 0 Å². The van der Waals surface area contributed by atoms with Crippen LogP contribution in [0, 0.1) is 5.41 Å². The van der Waals surface area contributed by atoms with Gasteiger partial charge >= 0.3 is 5.97 Å². The highest BCUT2D eigenvalue weighted by molar-refractivity contribution is 5.76. The average molecular weight is 274 g/mol. The van der Waals surface area contributed by atoms with E-state index in [0.29, 0.717) is 12.5 Å². The molecule has 20 heavy (non-hydrogen) atoms. The van der Waals surface area contributed by atoms with Crippen molar-refractivity contribution in [3.63, 3.8) is 0 Å². The summed E-state index contributed by atoms with van der Waals surface area (Å²) in [5, 5.41) is 0. The third-order valence-corrected chi connectivity index (χ3v) is 4.77. The van der Waals surface area contributed by atoms with Crippen LogP contribution in [0.25, 0.3) is 0 Å². The van der Waals surface area contributed by atoms with Crippen LogP contribution < -0.4 is 0 Å². The van der Waals surface area contributed by atoms with Gasteiger partial charge in [-0.25, -0.2) is 0 Å². The van der Waals surface area contributed by atoms with Gasteiger partial charge in [0.15, 0.2) is 0 Å². The molecule has 0 fully saturated rings. The van der Waals surface area contributed by atoms with Gasteiger partial charge in [0.05, 0.1) is 12.0 Å². The molecule has 0 saturated carbocycles. The number of carbonyl (C=O) groups excluding carboxylic acids is 1. The molecule has 0 N–H and O–H groups in total. The van der Waals surface area contributed by atoms with Gasteiger partial charge in [-0.2, -0.15) is 0 Å². The Bertz CT molecular complexity index is 492. The van der Waals surface area contributed by atoms with Gasteiger partial charge in [-0.05, 0) is 62.1 Å². The molecule has 2 nitrogen and oxygen atoms in total. The Hall–Kier alpha value is -1.31. The standard InChI is InChI=1S/C18H26O2/c1-5-18(4,17(19)20-6-2)12-13(3)15-9-7-14-8-10-16(14)11-15/h7,9,11,13H,5-6,8,10,12H2,1-4H3. The van der Waals surface area contributed by atoms with Crippen molar-refractivity contribution in [1.29, 1.82) is 0 Å². The molecule has 2 rings (SSSR count). The Morgan fingerprint density at radius 1 is 1.30 bits per heavy atom. The van der Waals surface area contributed by atoms with Crippen molar-refractivity contribution in [1.82, 2.24) is 0 Å². The molecule has 0 radical (unpaired) electrons. The summed E-state index contributed by atoms with van der Waals surface area (Å²) in [4.78, 5) is 12.2. The molecule has 0 heterocycles. The second-order valence-electron chi connectivity index (χ2n) is 6.27. The lowest BCUT2D eigenvalue weighted by Gasteiger charge is -2.30. The summed E-state index contributed by atoms with van der Waals surface area (Å²) in [6, 6.07) is 6.80. The zero-order valence-corrected chi connectivity index (χ0v) is 13.2. The van der Waals surface area contributed by atoms with Gasteiger partial charge in [-0.1, -0.05) is 32.0 Å². The number of esters is 1. The van der Waals surface area contributed by atoms with E-state index in [0.717, 1.165) is 12.8 Å². The van der Waals surface area contributed by atoms with E-state index < -0.39 is 0 Å². The van der Waals surface area contributed by atoms with E-state index in [9.17, 15) is 4.79 Å². The molecule has 0 amide bonds. The van der Waals surface area contributed by atoms with Gasteiger partial charge in [-0.3, -0.25) is 4.79 Å². The van der Waals surface area contributed by atoms with E-state index in [4.69, 9.17) is 4.74 Å². The van der Waals surface area contributed by atoms with E-state index in [-0.39, 0.29) is 11.4 Å². The summed E-state index contributed by atoms with van der Waals surface area (Å²) in [5.41, 5.74) is 3.96. The van der Waals surface area contributed by atoms with Crippen LogP contribution in [0.3, 0.4) is 0 Å². The number of rotatable bonds is 6. The lowest BCUT2D eigenvalue weighted by atomic mass is 9.76. The molecule has 0 aromatic heterocycles. The largest absolute Gasteiger partial charge is 0.466 e. The number of hydrogen-bond donors (Lipinski definition) is 0. The number of aryl methyl sites for hydroxylation is 2. The van der Waals surface area contributed by atoms with Crippen molar-refractivity contribution in [3.8, 4) is 0 Å². The van der Waals surface area contributed by atoms with Crippen molar-refractivity contribution in [2.75, 3.05) is 6.61 Å². The molecule has 1 aromatic carbocycles. The lowest BCUT2D eigenvalue weighted by molar-refractivity contribution is -0.155. The SMILES string of the molecule is CCOC(=O)C(C)(CC)CC(C)c1ccc2c(c1)CC2. The van der Waals surface area contributed by atoms with E-state index in [2.05, 4.69) is 32.0 Å². The Kier molecular flexibility index (Phi) is 4.52. The quantitative estimate of drug-likeness (QED) is 0.725. The van der Waals surface area contributed by atoms with E-state index in [1.54, 1.807) is 0 Å². The Morgan fingerprint density at radius 3 is 2.50 bits per heavy atom. The number of carbonyl (C=O) groups is 1. The van der Waals surface area contributed by atoms with Crippen molar-refractivity contribution in [2.45, 2.75) is 59.3 Å². The summed E-state index contributed by atoms with van der Waals surface area (Å²) < 4.78 is 5.25. The first-order valence-corrected chi connectivity index (χ1v) is 7.79. The predicted molar refractivity (Wildman–Crippen MR) is 81.9 cm³/mol. The topological polar surface area (TPSA) is 26.3 Å². The minimum atomic E-state index is -0.377. The maximum Gasteiger partial charge on any atom is 0.311 e. The summed E-state index contributed by atoms with van der Waals surface area (Å²) in [6.45, 7) is 8.65. The van der Waals surface area contributed by atoms with Gasteiger partial charge in [0.2, 0.25) is 0 Å². The molecule has 110 valence electrons. The van der Waals surface area contributed by atoms with Crippen LogP contribution in [0.4, 0.5) is 0 Å². The van der Waals surface area contributed by atoms with Gasteiger partial charge in [0.25, 0.3) is 0 Å². The first-order chi connectivity index (χ1) is 9.50. The molecule has 2 heteroatoms. The molecule has 2 unspecified atom stereocenters. The summed E-state index contributed by atoms with van der Waals surface area (Å²) in [7, 11) is 0. The van der Waals surface area contributed by atoms with Crippen LogP contribution in [0.1, 0.15) is 63.1 Å². The van der Waals surface area contributed by atoms with Crippen molar-refractivity contribution < 1.29 is 9.53 Å². The normalized spacial score (nSPS) is 17.6. The molecule has 0 aliphatic heterocycles. The van der Waals surface area contributed by atoms with E-state index >= 15 is 0 Å². The third kappa shape index (κ3) is 2.89. The van der Waals surface area contributed by atoms with E-state index in [1.165, 1.54) is 29.5 Å². The average Bonchev–Trinajstić information content (AvgIpc) is 2.40. The molecular formula is C18H26O2. The second kappa shape index (κ2) is 5.99. The minimum Gasteiger partial charge on any atom is -0.466 e. The van der Waals surface area contributed by atoms with Gasteiger partial charge in [0.1, 0.15) is 0 Å². The number of benzene rings is 1. The van der Waals surface area contributed by atoms with Crippen LogP contribution in [-0.2, 0) is 22.4 Å². The van der Waals surface area contributed by atoms with Crippen molar-refractivity contribution in [3.05, 3.63) is 34.9 Å². The first-order valence-electron chi connectivity index (χ1n) is 7.79. The fourth-order valence-electron chi connectivity index (χ4n) is 2.99. The Morgan fingerprint density at radius 2 is 2.00 bits per heavy atom. The lowest BCUT2D eigenvalue weighted by Crippen LogP contribution is -2.31. The fraction of sp³-hybridized carbons (Fsp3) is 0.611. The fourth-order valence-corrected chi connectivity index (χ4v) is 2.99. The highest BCUT2D eigenvalue weighted by atomic mass is 16.5. The number of hydrogen-bond acceptors (Lipinski definition) is 2. The highest BCUT2D eigenvalue weighted by Gasteiger charge is 2.34. The molecule has 0 bridgehead atoms. The van der Waals surface area contributed by atoms with Crippen molar-refractivity contribution >= 4 is 5.97 Å². The second-order valence-corrected chi connectivity index (χ2v) is 6.27. The zero-order valence-electron chi connectivity index (χ0n) is 13.2. The molecule has 1 aromatic rings. The van der Waals surface area contributed by atoms with Crippen LogP contribution in [0.5, 0.6) is 0 Å². The summed E-state index contributed by atoms with van der Waals surface area (Å²) in [6.07, 6.45) is 4.10. The van der Waals surface area contributed by atoms with E-state index in [1.807, 2.05) is 13.8 Å². The van der Waals surface area contributed by atoms with Gasteiger partial charge < -0.3 is 4.74 Å². The number of fused-ring (bicyclic) bond motifs is 1. The smallest absolute Gasteiger partial charge is 0.311 e. The summed E-state index contributed by atoms with van der Waals surface area (Å²) >= 11 is 0. The zero-order chi connectivity index (χ0) is 14.8. The third-order valence-electron chi connectivity index (χ3n) is 4.77. The molecule has 1 aliphatic rings. The molecule has 0 saturated heterocycles. The predicted octanol–water partition coefficient (Wildman–Crippen LogP) is 4.26. The maximum absolute atomic E-state index is 12.2. The molecule has 1 aliphatic carbocycles. The van der Waals surface area contributed by atoms with Crippen LogP contribution in [0.15, 0.2) is 18.2 Å². The highest BCUT2D eigenvalue weighted by Crippen LogP contribution is 2.37. The molecule has 2 atom stereocenters. The summed E-state index contributed by atoms with van der Waals surface area (Å²) in [5.74, 6) is 0.327. The maximum atomic E-state index is 12.2. The Balaban J connectivity index is 2.09. The Labute approximate surface area is 122 Å². The van der Waals surface area contributed by atoms with Crippen LogP contribution in [-0.4, -0.2) is 12.6 Å².